The maximum absolute atomic E-state index is 10.3. The highest BCUT2D eigenvalue weighted by atomic mass is 15.0. The lowest BCUT2D eigenvalue weighted by atomic mass is 9.95. The molecule has 0 fully saturated rings. The molecule has 0 N–H and O–H groups in total. The van der Waals surface area contributed by atoms with E-state index in [1.807, 2.05) is 66.7 Å². The fourth-order valence-electron chi connectivity index (χ4n) is 7.43. The van der Waals surface area contributed by atoms with Gasteiger partial charge in [0.05, 0.1) is 56.6 Å². The summed E-state index contributed by atoms with van der Waals surface area (Å²) in [5.41, 5.74) is 11.6. The maximum atomic E-state index is 10.3. The number of aromatic nitrogens is 2. The summed E-state index contributed by atoms with van der Waals surface area (Å²) in [6, 6.07) is 57.8. The molecular formula is C45H25N5. The van der Waals surface area contributed by atoms with Gasteiger partial charge >= 0.3 is 0 Å². The smallest absolute Gasteiger partial charge is 0.101 e. The van der Waals surface area contributed by atoms with Crippen LogP contribution in [0.5, 0.6) is 0 Å². The van der Waals surface area contributed by atoms with E-state index in [-0.39, 0.29) is 0 Å². The van der Waals surface area contributed by atoms with Crippen molar-refractivity contribution in [1.82, 2.24) is 9.13 Å². The molecular weight excluding hydrogens is 611 g/mol. The summed E-state index contributed by atoms with van der Waals surface area (Å²) in [5.74, 6) is 0. The van der Waals surface area contributed by atoms with E-state index < -0.39 is 0 Å². The van der Waals surface area contributed by atoms with E-state index in [0.29, 0.717) is 16.7 Å². The first-order valence-corrected chi connectivity index (χ1v) is 16.3. The molecule has 2 heterocycles. The van der Waals surface area contributed by atoms with Crippen LogP contribution in [0.25, 0.3) is 77.2 Å². The molecule has 9 aromatic rings. The molecule has 0 saturated carbocycles. The Hall–Kier alpha value is -7.39. The van der Waals surface area contributed by atoms with Gasteiger partial charge in [-0.3, -0.25) is 0 Å². The molecule has 0 amide bonds. The third-order valence-electron chi connectivity index (χ3n) is 9.65. The molecule has 0 spiro atoms. The van der Waals surface area contributed by atoms with Crippen LogP contribution in [0.1, 0.15) is 16.7 Å². The van der Waals surface area contributed by atoms with Gasteiger partial charge in [0.2, 0.25) is 0 Å². The Balaban J connectivity index is 1.14. The molecule has 0 saturated heterocycles. The second-order valence-corrected chi connectivity index (χ2v) is 12.3. The summed E-state index contributed by atoms with van der Waals surface area (Å²) in [5, 5.41) is 34.1. The molecule has 0 unspecified atom stereocenters. The third-order valence-corrected chi connectivity index (χ3v) is 9.65. The van der Waals surface area contributed by atoms with E-state index >= 15 is 0 Å². The summed E-state index contributed by atoms with van der Waals surface area (Å²) in [6.45, 7) is 0. The van der Waals surface area contributed by atoms with E-state index in [2.05, 4.69) is 112 Å². The van der Waals surface area contributed by atoms with Crippen LogP contribution in [0.2, 0.25) is 0 Å². The Morgan fingerprint density at radius 3 is 1.66 bits per heavy atom. The van der Waals surface area contributed by atoms with Crippen LogP contribution in [0.15, 0.2) is 152 Å². The van der Waals surface area contributed by atoms with Crippen LogP contribution in [0.4, 0.5) is 0 Å². The number of nitriles is 3. The lowest BCUT2D eigenvalue weighted by Gasteiger charge is -2.16. The molecule has 230 valence electrons. The van der Waals surface area contributed by atoms with Crippen LogP contribution in [-0.2, 0) is 0 Å². The van der Waals surface area contributed by atoms with Gasteiger partial charge in [0, 0.05) is 32.8 Å². The number of benzene rings is 7. The molecule has 0 radical (unpaired) electrons. The van der Waals surface area contributed by atoms with Crippen molar-refractivity contribution in [2.24, 2.45) is 0 Å². The number of para-hydroxylation sites is 3. The maximum Gasteiger partial charge on any atom is 0.101 e. The van der Waals surface area contributed by atoms with Crippen molar-refractivity contribution in [3.8, 4) is 51.8 Å². The van der Waals surface area contributed by atoms with Crippen molar-refractivity contribution in [2.45, 2.75) is 0 Å². The predicted octanol–water partition coefficient (Wildman–Crippen LogP) is 10.8. The normalized spacial score (nSPS) is 11.1. The number of rotatable bonds is 4. The minimum absolute atomic E-state index is 0.585. The molecule has 7 aromatic carbocycles. The number of hydrogen-bond donors (Lipinski definition) is 0. The highest BCUT2D eigenvalue weighted by Crippen LogP contribution is 2.39. The van der Waals surface area contributed by atoms with Crippen molar-refractivity contribution in [2.75, 3.05) is 0 Å². The van der Waals surface area contributed by atoms with Gasteiger partial charge in [0.15, 0.2) is 0 Å². The van der Waals surface area contributed by atoms with Gasteiger partial charge in [0.25, 0.3) is 0 Å². The van der Waals surface area contributed by atoms with E-state index in [0.717, 1.165) is 77.2 Å². The Morgan fingerprint density at radius 2 is 0.960 bits per heavy atom. The zero-order chi connectivity index (χ0) is 33.8. The first-order valence-electron chi connectivity index (χ1n) is 16.3. The van der Waals surface area contributed by atoms with Crippen LogP contribution >= 0.6 is 0 Å². The molecule has 9 rings (SSSR count). The summed E-state index contributed by atoms with van der Waals surface area (Å²) in [7, 11) is 0. The van der Waals surface area contributed by atoms with Gasteiger partial charge in [-0.05, 0) is 77.4 Å². The van der Waals surface area contributed by atoms with E-state index in [4.69, 9.17) is 0 Å². The summed E-state index contributed by atoms with van der Waals surface area (Å²) < 4.78 is 4.37. The van der Waals surface area contributed by atoms with Crippen molar-refractivity contribution in [1.29, 1.82) is 15.8 Å². The van der Waals surface area contributed by atoms with Crippen LogP contribution < -0.4 is 0 Å². The first kappa shape index (κ1) is 28.8. The zero-order valence-corrected chi connectivity index (χ0v) is 26.7. The second kappa shape index (κ2) is 11.4. The minimum Gasteiger partial charge on any atom is -0.309 e. The molecule has 5 heteroatoms. The largest absolute Gasteiger partial charge is 0.309 e. The van der Waals surface area contributed by atoms with E-state index in [9.17, 15) is 15.8 Å². The fraction of sp³-hybridized carbons (Fsp3) is 0. The van der Waals surface area contributed by atoms with E-state index in [1.165, 1.54) is 0 Å². The Labute approximate surface area is 287 Å². The van der Waals surface area contributed by atoms with Gasteiger partial charge in [-0.25, -0.2) is 0 Å². The molecule has 50 heavy (non-hydrogen) atoms. The summed E-state index contributed by atoms with van der Waals surface area (Å²) in [6.07, 6.45) is 0. The highest BCUT2D eigenvalue weighted by molar-refractivity contribution is 6.11. The van der Waals surface area contributed by atoms with Crippen molar-refractivity contribution in [3.05, 3.63) is 168 Å². The highest BCUT2D eigenvalue weighted by Gasteiger charge is 2.19. The van der Waals surface area contributed by atoms with Gasteiger partial charge in [-0.1, -0.05) is 91.0 Å². The van der Waals surface area contributed by atoms with Crippen LogP contribution in [0, 0.1) is 34.0 Å². The third kappa shape index (κ3) is 4.31. The average molecular weight is 636 g/mol. The van der Waals surface area contributed by atoms with Crippen LogP contribution in [0.3, 0.4) is 0 Å². The molecule has 2 aromatic heterocycles. The Bertz CT molecular complexity index is 2940. The van der Waals surface area contributed by atoms with Crippen LogP contribution in [-0.4, -0.2) is 9.13 Å². The number of fused-ring (bicyclic) bond motifs is 6. The monoisotopic (exact) mass is 635 g/mol. The van der Waals surface area contributed by atoms with Crippen molar-refractivity contribution < 1.29 is 0 Å². The Kier molecular flexibility index (Phi) is 6.56. The summed E-state index contributed by atoms with van der Waals surface area (Å²) in [4.78, 5) is 0. The molecule has 0 aliphatic heterocycles. The average Bonchev–Trinajstić information content (AvgIpc) is 3.70. The molecule has 0 aliphatic rings. The quantitative estimate of drug-likeness (QED) is 0.193. The minimum atomic E-state index is 0.585. The van der Waals surface area contributed by atoms with E-state index in [1.54, 1.807) is 0 Å². The molecule has 0 bridgehead atoms. The SMILES string of the molecule is N#Cc1ccc2c(c1)c1ccccc1n2-c1cccc(C#N)c1-c1ccc(-c2ccc(-n3c4ccccc4c4cccc(C#N)c43)cc2)cc1. The number of hydrogen-bond acceptors (Lipinski definition) is 3. The van der Waals surface area contributed by atoms with Gasteiger partial charge in [-0.2, -0.15) is 15.8 Å². The Morgan fingerprint density at radius 1 is 0.400 bits per heavy atom. The lowest BCUT2D eigenvalue weighted by Crippen LogP contribution is -1.99. The standard InChI is InChI=1S/C45H25N5/c46-26-29-15-24-42-39(25-29)37-10-2-4-13-41(37)50(42)43-14-6-7-33(27-47)44(43)32-18-16-30(17-19-32)31-20-22-35(23-21-31)49-40-12-3-1-9-36(40)38-11-5-8-34(28-48)45(38)49/h1-25H. The van der Waals surface area contributed by atoms with Crippen molar-refractivity contribution in [3.63, 3.8) is 0 Å². The molecule has 5 nitrogen and oxygen atoms in total. The molecule has 0 aliphatic carbocycles. The zero-order valence-electron chi connectivity index (χ0n) is 26.7. The second-order valence-electron chi connectivity index (χ2n) is 12.3. The van der Waals surface area contributed by atoms with Gasteiger partial charge in [-0.15, -0.1) is 0 Å². The molecule has 0 atom stereocenters. The van der Waals surface area contributed by atoms with Gasteiger partial charge in [0.1, 0.15) is 6.07 Å². The fourth-order valence-corrected chi connectivity index (χ4v) is 7.43. The lowest BCUT2D eigenvalue weighted by molar-refractivity contribution is 1.18. The first-order chi connectivity index (χ1) is 24.7. The van der Waals surface area contributed by atoms with Crippen molar-refractivity contribution >= 4 is 43.6 Å². The number of nitrogens with zero attached hydrogens (tertiary/aromatic N) is 5. The topological polar surface area (TPSA) is 81.2 Å². The summed E-state index contributed by atoms with van der Waals surface area (Å²) >= 11 is 0. The predicted molar refractivity (Wildman–Crippen MR) is 200 cm³/mol. The van der Waals surface area contributed by atoms with Gasteiger partial charge < -0.3 is 9.13 Å².